The Labute approximate surface area is 344 Å². The summed E-state index contributed by atoms with van der Waals surface area (Å²) in [6.45, 7) is 11.6. The summed E-state index contributed by atoms with van der Waals surface area (Å²) in [7, 11) is 4.61. The van der Waals surface area contributed by atoms with Crippen LogP contribution in [0.5, 0.6) is 0 Å². The van der Waals surface area contributed by atoms with Gasteiger partial charge in [0.05, 0.1) is 43.0 Å². The third kappa shape index (κ3) is 11.6. The number of ether oxygens (including phenoxy) is 6. The highest BCUT2D eigenvalue weighted by atomic mass is 16.7. The van der Waals surface area contributed by atoms with Crippen LogP contribution in [0.15, 0.2) is 23.3 Å². The normalized spacial score (nSPS) is 40.6. The maximum absolute atomic E-state index is 14.3. The maximum Gasteiger partial charge on any atom is 0.329 e. The molecular formula is C44H71NO13. The third-order valence-electron chi connectivity index (χ3n) is 13.0. The average Bonchev–Trinajstić information content (AvgIpc) is 3.20. The summed E-state index contributed by atoms with van der Waals surface area (Å²) >= 11 is 0. The monoisotopic (exact) mass is 821 g/mol. The Morgan fingerprint density at radius 3 is 2.24 bits per heavy atom. The fraction of sp³-hybridized carbons (Fsp3) is 0.818. The van der Waals surface area contributed by atoms with Gasteiger partial charge in [0.15, 0.2) is 0 Å². The summed E-state index contributed by atoms with van der Waals surface area (Å²) in [5.41, 5.74) is 1.58. The molecule has 0 spiro atoms. The number of allylic oxidation sites excluding steroid dienone is 2. The SMILES string of the molecule is CCOC[C@@H]1/C=C(\C)C[C@H](C)C[C@H](OC)[C@H]2O[C@@](O)(C(=O)C(=O)N3CCCC[C@H]3C(=O)O[C@H](/C(C)=C/[C@@H]3CC[C@@H](O)[C@H](OC)C3)[C@H](C)[C@@H](O)CC1=O)[C@H](C)C[C@@H]2OC. The van der Waals surface area contributed by atoms with Crippen LogP contribution in [0.25, 0.3) is 0 Å². The van der Waals surface area contributed by atoms with Crippen LogP contribution < -0.4 is 0 Å². The number of aliphatic hydroxyl groups excluding tert-OH is 2. The second kappa shape index (κ2) is 21.8. The third-order valence-corrected chi connectivity index (χ3v) is 13.0. The van der Waals surface area contributed by atoms with E-state index in [0.29, 0.717) is 57.1 Å². The number of fused-ring (bicyclic) bond motifs is 3. The lowest BCUT2D eigenvalue weighted by Crippen LogP contribution is -2.64. The number of esters is 1. The standard InChI is InChI=1S/C44H71NO13/c1-10-56-24-31-18-25(2)17-26(3)19-37(54-8)40-38(55-9)21-28(5)44(52,58-40)41(49)42(50)45-16-12-11-13-32(45)43(51)57-39(29(6)34(47)23-35(31)48)27(4)20-30-14-15-33(46)36(22-30)53-7/h18,20,26,28-34,36-40,46-47,52H,10-17,19,21-24H2,1-9H3/b25-18+,27-20+/t26-,28+,29+,30-,31-,32-,33+,34-,36+,37-,38-,39+,40+,44+/m0/s1. The fourth-order valence-corrected chi connectivity index (χ4v) is 9.43. The van der Waals surface area contributed by atoms with Crippen LogP contribution in [-0.4, -0.2) is 139 Å². The van der Waals surface area contributed by atoms with Crippen LogP contribution in [0.4, 0.5) is 0 Å². The molecule has 0 aromatic heterocycles. The van der Waals surface area contributed by atoms with E-state index >= 15 is 0 Å². The van der Waals surface area contributed by atoms with Gasteiger partial charge in [-0.05, 0) is 96.0 Å². The number of hydrogen-bond donors (Lipinski definition) is 3. The lowest BCUT2D eigenvalue weighted by molar-refractivity contribution is -0.302. The molecule has 1 aliphatic carbocycles. The molecule has 3 N–H and O–H groups in total. The molecule has 0 radical (unpaired) electrons. The number of rotatable bonds is 8. The van der Waals surface area contributed by atoms with E-state index < -0.39 is 83.9 Å². The minimum absolute atomic E-state index is 0.00552. The molecule has 58 heavy (non-hydrogen) atoms. The number of Topliss-reactive ketones (excluding diaryl/α,β-unsaturated/α-hetero) is 2. The van der Waals surface area contributed by atoms with Gasteiger partial charge in [-0.15, -0.1) is 0 Å². The number of aliphatic hydroxyl groups is 3. The van der Waals surface area contributed by atoms with Crippen LogP contribution in [-0.2, 0) is 47.6 Å². The summed E-state index contributed by atoms with van der Waals surface area (Å²) in [6, 6.07) is -1.15. The highest BCUT2D eigenvalue weighted by Gasteiger charge is 2.56. The number of carbonyl (C=O) groups is 4. The van der Waals surface area contributed by atoms with Crippen molar-refractivity contribution in [2.24, 2.45) is 29.6 Å². The summed E-state index contributed by atoms with van der Waals surface area (Å²) in [5, 5.41) is 34.2. The first-order valence-corrected chi connectivity index (χ1v) is 21.4. The van der Waals surface area contributed by atoms with Gasteiger partial charge < -0.3 is 48.6 Å². The number of piperidine rings is 1. The summed E-state index contributed by atoms with van der Waals surface area (Å²) < 4.78 is 35.5. The average molecular weight is 822 g/mol. The van der Waals surface area contributed by atoms with Crippen molar-refractivity contribution in [3.63, 3.8) is 0 Å². The molecule has 14 atom stereocenters. The van der Waals surface area contributed by atoms with E-state index in [1.807, 2.05) is 39.8 Å². The van der Waals surface area contributed by atoms with Crippen molar-refractivity contribution in [1.82, 2.24) is 4.90 Å². The second-order valence-electron chi connectivity index (χ2n) is 17.4. The smallest absolute Gasteiger partial charge is 0.329 e. The van der Waals surface area contributed by atoms with Crippen molar-refractivity contribution in [3.05, 3.63) is 23.3 Å². The number of hydrogen-bond acceptors (Lipinski definition) is 13. The summed E-state index contributed by atoms with van der Waals surface area (Å²) in [5.74, 6) is -7.96. The number of nitrogens with zero attached hydrogens (tertiary/aromatic N) is 1. The first-order chi connectivity index (χ1) is 27.5. The van der Waals surface area contributed by atoms with Gasteiger partial charge in [0.25, 0.3) is 11.7 Å². The predicted octanol–water partition coefficient (Wildman–Crippen LogP) is 4.10. The zero-order valence-corrected chi connectivity index (χ0v) is 36.2. The molecule has 1 amide bonds. The van der Waals surface area contributed by atoms with Crippen LogP contribution in [0.1, 0.15) is 106 Å². The topological polar surface area (TPSA) is 188 Å². The molecule has 4 aliphatic rings. The molecule has 0 aromatic rings. The minimum atomic E-state index is -2.52. The van der Waals surface area contributed by atoms with E-state index in [9.17, 15) is 34.5 Å². The molecule has 2 saturated heterocycles. The lowest BCUT2D eigenvalue weighted by Gasteiger charge is -2.47. The molecule has 14 nitrogen and oxygen atoms in total. The van der Waals surface area contributed by atoms with Crippen molar-refractivity contribution in [2.75, 3.05) is 41.1 Å². The molecule has 0 unspecified atom stereocenters. The highest BCUT2D eigenvalue weighted by Crippen LogP contribution is 2.39. The van der Waals surface area contributed by atoms with E-state index in [1.165, 1.54) is 19.1 Å². The molecule has 3 heterocycles. The van der Waals surface area contributed by atoms with Gasteiger partial charge in [-0.3, -0.25) is 14.4 Å². The van der Waals surface area contributed by atoms with Crippen LogP contribution >= 0.6 is 0 Å². The zero-order chi connectivity index (χ0) is 42.9. The van der Waals surface area contributed by atoms with Crippen LogP contribution in [0, 0.1) is 29.6 Å². The maximum atomic E-state index is 14.3. The van der Waals surface area contributed by atoms with Crippen LogP contribution in [0.2, 0.25) is 0 Å². The van der Waals surface area contributed by atoms with Gasteiger partial charge >= 0.3 is 5.97 Å². The van der Waals surface area contributed by atoms with Gasteiger partial charge in [-0.1, -0.05) is 38.5 Å². The van der Waals surface area contributed by atoms with E-state index in [4.69, 9.17) is 28.4 Å². The number of methoxy groups -OCH3 is 3. The van der Waals surface area contributed by atoms with Gasteiger partial charge in [0, 0.05) is 52.7 Å². The Hall–Kier alpha value is -2.56. The Morgan fingerprint density at radius 1 is 0.914 bits per heavy atom. The van der Waals surface area contributed by atoms with Gasteiger partial charge in [0.2, 0.25) is 5.79 Å². The molecule has 1 saturated carbocycles. The van der Waals surface area contributed by atoms with Crippen molar-refractivity contribution < 1.29 is 62.9 Å². The number of cyclic esters (lactones) is 1. The molecule has 3 fully saturated rings. The Kier molecular flexibility index (Phi) is 18.1. The zero-order valence-electron chi connectivity index (χ0n) is 36.2. The minimum Gasteiger partial charge on any atom is -0.456 e. The van der Waals surface area contributed by atoms with Gasteiger partial charge in [0.1, 0.15) is 24.0 Å². The van der Waals surface area contributed by atoms with Gasteiger partial charge in [-0.2, -0.15) is 0 Å². The molecule has 14 heteroatoms. The first-order valence-electron chi connectivity index (χ1n) is 21.4. The fourth-order valence-electron chi connectivity index (χ4n) is 9.43. The molecule has 4 rings (SSSR count). The second-order valence-corrected chi connectivity index (χ2v) is 17.4. The number of ketones is 2. The lowest BCUT2D eigenvalue weighted by atomic mass is 9.82. The molecule has 330 valence electrons. The van der Waals surface area contributed by atoms with Gasteiger partial charge in [-0.25, -0.2) is 4.79 Å². The molecule has 3 aliphatic heterocycles. The van der Waals surface area contributed by atoms with E-state index in [0.717, 1.165) is 5.57 Å². The Morgan fingerprint density at radius 2 is 1.59 bits per heavy atom. The van der Waals surface area contributed by atoms with Crippen LogP contribution in [0.3, 0.4) is 0 Å². The van der Waals surface area contributed by atoms with E-state index in [-0.39, 0.29) is 56.1 Å². The predicted molar refractivity (Wildman–Crippen MR) is 214 cm³/mol. The quantitative estimate of drug-likeness (QED) is 0.181. The summed E-state index contributed by atoms with van der Waals surface area (Å²) in [6.07, 6.45) is 2.69. The highest BCUT2D eigenvalue weighted by molar-refractivity contribution is 6.39. The molecular weight excluding hydrogens is 750 g/mol. The molecule has 0 aromatic carbocycles. The van der Waals surface area contributed by atoms with Crippen molar-refractivity contribution in [3.8, 4) is 0 Å². The van der Waals surface area contributed by atoms with Crippen molar-refractivity contribution in [1.29, 1.82) is 0 Å². The molecule has 2 bridgehead atoms. The number of carbonyl (C=O) groups excluding carboxylic acids is 4. The van der Waals surface area contributed by atoms with E-state index in [2.05, 4.69) is 0 Å². The largest absolute Gasteiger partial charge is 0.456 e. The summed E-state index contributed by atoms with van der Waals surface area (Å²) in [4.78, 5) is 58.0. The number of amides is 1. The van der Waals surface area contributed by atoms with Crippen molar-refractivity contribution >= 4 is 23.4 Å². The Balaban J connectivity index is 1.78. The Bertz CT molecular complexity index is 1470. The first kappa shape index (κ1) is 48.1. The van der Waals surface area contributed by atoms with Crippen molar-refractivity contribution in [2.45, 2.75) is 160 Å². The van der Waals surface area contributed by atoms with E-state index in [1.54, 1.807) is 21.0 Å².